The molecule has 54 heavy (non-hydrogen) atoms. The highest BCUT2D eigenvalue weighted by Crippen LogP contribution is 2.50. The Balaban J connectivity index is 1.17. The molecule has 6 aromatic rings. The fraction of sp³-hybridized carbons (Fsp3) is 0.170. The van der Waals surface area contributed by atoms with Gasteiger partial charge in [0.2, 0.25) is 0 Å². The summed E-state index contributed by atoms with van der Waals surface area (Å²) in [5.74, 6) is -0.734. The van der Waals surface area contributed by atoms with E-state index in [0.717, 1.165) is 63.9 Å². The lowest BCUT2D eigenvalue weighted by Gasteiger charge is -2.44. The molecule has 0 unspecified atom stereocenters. The molecular formula is C47H39N3O4. The minimum Gasteiger partial charge on any atom is -0.488 e. The van der Waals surface area contributed by atoms with Gasteiger partial charge in [-0.2, -0.15) is 0 Å². The van der Waals surface area contributed by atoms with Crippen molar-refractivity contribution in [1.82, 2.24) is 5.32 Å². The third-order valence-electron chi connectivity index (χ3n) is 11.1. The van der Waals surface area contributed by atoms with E-state index in [-0.39, 0.29) is 17.4 Å². The van der Waals surface area contributed by atoms with E-state index in [1.165, 1.54) is 16.8 Å². The zero-order valence-electron chi connectivity index (χ0n) is 30.0. The van der Waals surface area contributed by atoms with Gasteiger partial charge in [-0.25, -0.2) is 9.69 Å². The normalized spacial score (nSPS) is 18.8. The first-order chi connectivity index (χ1) is 26.4. The van der Waals surface area contributed by atoms with Gasteiger partial charge in [-0.1, -0.05) is 121 Å². The Morgan fingerprint density at radius 1 is 0.722 bits per heavy atom. The molecule has 3 heterocycles. The van der Waals surface area contributed by atoms with Crippen molar-refractivity contribution in [2.75, 3.05) is 22.9 Å². The average Bonchev–Trinajstić information content (AvgIpc) is 3.19. The third-order valence-corrected chi connectivity index (χ3v) is 11.1. The summed E-state index contributed by atoms with van der Waals surface area (Å²) in [6.45, 7) is 4.18. The molecule has 0 aromatic heterocycles. The molecule has 9 rings (SSSR count). The molecule has 1 fully saturated rings. The number of hydrogen-bond donors (Lipinski definition) is 1. The van der Waals surface area contributed by atoms with Crippen LogP contribution in [0.3, 0.4) is 0 Å². The number of urea groups is 1. The van der Waals surface area contributed by atoms with E-state index in [0.29, 0.717) is 23.6 Å². The first-order valence-electron chi connectivity index (χ1n) is 18.6. The number of fused-ring (bicyclic) bond motifs is 1. The molecule has 266 valence electrons. The van der Waals surface area contributed by atoms with Gasteiger partial charge in [-0.3, -0.25) is 14.9 Å². The largest absolute Gasteiger partial charge is 0.488 e. The van der Waals surface area contributed by atoms with Crippen LogP contribution >= 0.6 is 0 Å². The van der Waals surface area contributed by atoms with Gasteiger partial charge >= 0.3 is 6.03 Å². The molecular weight excluding hydrogens is 671 g/mol. The highest BCUT2D eigenvalue weighted by Gasteiger charge is 2.41. The summed E-state index contributed by atoms with van der Waals surface area (Å²) in [7, 11) is 0. The Labute approximate surface area is 314 Å². The van der Waals surface area contributed by atoms with E-state index in [2.05, 4.69) is 64.8 Å². The Morgan fingerprint density at radius 3 is 2.04 bits per heavy atom. The number of nitrogens with one attached hydrogen (secondary N) is 1. The van der Waals surface area contributed by atoms with Gasteiger partial charge in [-0.15, -0.1) is 0 Å². The Kier molecular flexibility index (Phi) is 8.54. The van der Waals surface area contributed by atoms with E-state index in [1.54, 1.807) is 6.08 Å². The number of carbonyl (C=O) groups excluding carboxylic acids is 3. The molecule has 7 nitrogen and oxygen atoms in total. The van der Waals surface area contributed by atoms with Gasteiger partial charge in [0, 0.05) is 36.2 Å². The standard InChI is InChI=1S/C47H39N3O4/c1-30-11-10-12-31(25-30)29-54-43-20-19-34-17-8-9-18-36(34)39(43)28-42-45(51)48-47(53)50(46(42)52)35-26-40-37(32-13-4-2-5-14-32)21-23-49-24-22-38(41(27-35)44(40)49)33-15-6-3-7-16-33/h2-20,25-28,37-38H,21-24,29H2,1H3,(H,48,51,53)/b42-28+/t37-,38-/m0/s1. The molecule has 1 saturated heterocycles. The lowest BCUT2D eigenvalue weighted by Crippen LogP contribution is -2.54. The maximum atomic E-state index is 14.7. The summed E-state index contributed by atoms with van der Waals surface area (Å²) in [6, 6.07) is 43.8. The minimum atomic E-state index is -0.765. The van der Waals surface area contributed by atoms with Crippen LogP contribution in [0.2, 0.25) is 0 Å². The predicted octanol–water partition coefficient (Wildman–Crippen LogP) is 9.27. The topological polar surface area (TPSA) is 79.0 Å². The fourth-order valence-electron chi connectivity index (χ4n) is 8.52. The van der Waals surface area contributed by atoms with Crippen molar-refractivity contribution in [3.8, 4) is 5.75 Å². The minimum absolute atomic E-state index is 0.0778. The van der Waals surface area contributed by atoms with Gasteiger partial charge in [0.1, 0.15) is 17.9 Å². The van der Waals surface area contributed by atoms with E-state index in [1.807, 2.05) is 85.8 Å². The number of hydrogen-bond acceptors (Lipinski definition) is 5. The smallest absolute Gasteiger partial charge is 0.335 e. The maximum absolute atomic E-state index is 14.7. The van der Waals surface area contributed by atoms with Crippen molar-refractivity contribution < 1.29 is 19.1 Å². The molecule has 0 spiro atoms. The molecule has 4 amide bonds. The van der Waals surface area contributed by atoms with Gasteiger partial charge in [-0.05, 0) is 82.6 Å². The highest BCUT2D eigenvalue weighted by atomic mass is 16.5. The van der Waals surface area contributed by atoms with Gasteiger partial charge in [0.25, 0.3) is 11.8 Å². The first-order valence-corrected chi connectivity index (χ1v) is 18.6. The van der Waals surface area contributed by atoms with Crippen molar-refractivity contribution in [2.24, 2.45) is 0 Å². The molecule has 7 heteroatoms. The number of ether oxygens (including phenoxy) is 1. The maximum Gasteiger partial charge on any atom is 0.335 e. The molecule has 6 aromatic carbocycles. The first kappa shape index (κ1) is 33.4. The van der Waals surface area contributed by atoms with Gasteiger partial charge in [0.05, 0.1) is 5.69 Å². The van der Waals surface area contributed by atoms with Crippen molar-refractivity contribution in [3.63, 3.8) is 0 Å². The highest BCUT2D eigenvalue weighted by molar-refractivity contribution is 6.39. The zero-order chi connectivity index (χ0) is 36.8. The van der Waals surface area contributed by atoms with Crippen LogP contribution in [-0.4, -0.2) is 30.9 Å². The Bertz CT molecular complexity index is 2400. The molecule has 3 aliphatic rings. The monoisotopic (exact) mass is 709 g/mol. The van der Waals surface area contributed by atoms with Crippen LogP contribution in [0, 0.1) is 6.92 Å². The Hall–Kier alpha value is -6.47. The van der Waals surface area contributed by atoms with Crippen LogP contribution in [0.25, 0.3) is 16.8 Å². The number of amides is 4. The van der Waals surface area contributed by atoms with Crippen LogP contribution in [0.4, 0.5) is 16.2 Å². The second-order valence-electron chi connectivity index (χ2n) is 14.4. The van der Waals surface area contributed by atoms with E-state index in [4.69, 9.17) is 4.74 Å². The van der Waals surface area contributed by atoms with Crippen molar-refractivity contribution in [2.45, 2.75) is 38.2 Å². The number of carbonyl (C=O) groups is 3. The van der Waals surface area contributed by atoms with Crippen LogP contribution < -0.4 is 19.9 Å². The fourth-order valence-corrected chi connectivity index (χ4v) is 8.52. The molecule has 0 saturated carbocycles. The van der Waals surface area contributed by atoms with E-state index in [9.17, 15) is 14.4 Å². The average molecular weight is 710 g/mol. The summed E-state index contributed by atoms with van der Waals surface area (Å²) in [6.07, 6.45) is 3.40. The summed E-state index contributed by atoms with van der Waals surface area (Å²) < 4.78 is 6.37. The second-order valence-corrected chi connectivity index (χ2v) is 14.4. The Morgan fingerprint density at radius 2 is 1.37 bits per heavy atom. The van der Waals surface area contributed by atoms with Crippen LogP contribution in [0.5, 0.6) is 5.75 Å². The lowest BCUT2D eigenvalue weighted by molar-refractivity contribution is -0.122. The molecule has 1 N–H and O–H groups in total. The third kappa shape index (κ3) is 6.01. The predicted molar refractivity (Wildman–Crippen MR) is 213 cm³/mol. The molecule has 3 aliphatic heterocycles. The quantitative estimate of drug-likeness (QED) is 0.132. The van der Waals surface area contributed by atoms with Crippen LogP contribution in [0.15, 0.2) is 139 Å². The number of barbiturate groups is 1. The van der Waals surface area contributed by atoms with E-state index >= 15 is 0 Å². The van der Waals surface area contributed by atoms with Gasteiger partial charge in [0.15, 0.2) is 0 Å². The van der Waals surface area contributed by atoms with Gasteiger partial charge < -0.3 is 9.64 Å². The number of rotatable bonds is 7. The second kappa shape index (κ2) is 13.8. The lowest BCUT2D eigenvalue weighted by atomic mass is 9.76. The number of nitrogens with zero attached hydrogens (tertiary/aromatic N) is 2. The number of imide groups is 2. The molecule has 0 bridgehead atoms. The van der Waals surface area contributed by atoms with Crippen molar-refractivity contribution >= 4 is 46.1 Å². The number of benzene rings is 6. The van der Waals surface area contributed by atoms with Crippen molar-refractivity contribution in [1.29, 1.82) is 0 Å². The van der Waals surface area contributed by atoms with E-state index < -0.39 is 17.8 Å². The molecule has 0 aliphatic carbocycles. The molecule has 0 radical (unpaired) electrons. The molecule has 2 atom stereocenters. The SMILES string of the molecule is Cc1cccc(COc2ccc3ccccc3c2/C=C2\C(=O)NC(=O)N(c3cc4c5c(c3)[C@H](c3ccccc3)CCN5CC[C@H]4c3ccccc3)C2=O)c1. The van der Waals surface area contributed by atoms with Crippen LogP contribution in [0.1, 0.15) is 63.6 Å². The summed E-state index contributed by atoms with van der Waals surface area (Å²) >= 11 is 0. The zero-order valence-corrected chi connectivity index (χ0v) is 30.0. The van der Waals surface area contributed by atoms with Crippen molar-refractivity contribution in [3.05, 3.63) is 178 Å². The summed E-state index contributed by atoms with van der Waals surface area (Å²) in [5.41, 5.74) is 8.77. The number of aryl methyl sites for hydroxylation is 1. The number of anilines is 2. The van der Waals surface area contributed by atoms with Crippen LogP contribution in [-0.2, 0) is 16.2 Å². The summed E-state index contributed by atoms with van der Waals surface area (Å²) in [4.78, 5) is 45.8. The summed E-state index contributed by atoms with van der Waals surface area (Å²) in [5, 5.41) is 4.25.